The van der Waals surface area contributed by atoms with Crippen LogP contribution in [0.3, 0.4) is 0 Å². The molecule has 5 aromatic carbocycles. The van der Waals surface area contributed by atoms with Crippen molar-refractivity contribution < 1.29 is 9.15 Å². The van der Waals surface area contributed by atoms with Crippen LogP contribution < -0.4 is 4.74 Å². The third kappa shape index (κ3) is 3.71. The minimum Gasteiger partial charge on any atom is -0.481 e. The fourth-order valence-electron chi connectivity index (χ4n) is 7.72. The SMILES string of the molecule is C1=CCC(n2c3ccccc3c3cc(-c4ccc5c(c4)C4C=Cc6c(oc7ccc(-c8ccccc8)cc67)C4O5)ccc32)C=C1. The average Bonchev–Trinajstić information content (AvgIpc) is 3.77. The van der Waals surface area contributed by atoms with E-state index in [0.717, 1.165) is 34.5 Å². The van der Waals surface area contributed by atoms with Crippen LogP contribution >= 0.6 is 0 Å². The number of furan rings is 1. The molecule has 0 radical (unpaired) electrons. The molecular weight excluding hydrogens is 550 g/mol. The van der Waals surface area contributed by atoms with Gasteiger partial charge in [0.05, 0.1) is 12.0 Å². The summed E-state index contributed by atoms with van der Waals surface area (Å²) in [7, 11) is 0. The minimum atomic E-state index is -0.166. The summed E-state index contributed by atoms with van der Waals surface area (Å²) in [6.07, 6.45) is 14.3. The zero-order valence-electron chi connectivity index (χ0n) is 24.6. The van der Waals surface area contributed by atoms with E-state index in [1.165, 1.54) is 49.6 Å². The Kier molecular flexibility index (Phi) is 5.23. The van der Waals surface area contributed by atoms with Crippen LogP contribution in [0.25, 0.3) is 61.1 Å². The van der Waals surface area contributed by atoms with Crippen molar-refractivity contribution in [1.29, 1.82) is 0 Å². The van der Waals surface area contributed by atoms with Crippen molar-refractivity contribution in [2.24, 2.45) is 0 Å². The number of nitrogens with zero attached hydrogens (tertiary/aromatic N) is 1. The van der Waals surface area contributed by atoms with Crippen LogP contribution in [0.15, 0.2) is 144 Å². The van der Waals surface area contributed by atoms with Gasteiger partial charge in [0.1, 0.15) is 11.3 Å². The summed E-state index contributed by atoms with van der Waals surface area (Å²) < 4.78 is 15.6. The van der Waals surface area contributed by atoms with E-state index < -0.39 is 0 Å². The molecule has 2 aliphatic carbocycles. The Morgan fingerprint density at radius 1 is 0.622 bits per heavy atom. The molecule has 3 unspecified atom stereocenters. The highest BCUT2D eigenvalue weighted by molar-refractivity contribution is 6.09. The Hall–Kier alpha value is -5.54. The predicted octanol–water partition coefficient (Wildman–Crippen LogP) is 11.2. The molecule has 3 heterocycles. The van der Waals surface area contributed by atoms with Gasteiger partial charge in [-0.25, -0.2) is 0 Å². The molecule has 3 aliphatic rings. The van der Waals surface area contributed by atoms with Gasteiger partial charge in [-0.1, -0.05) is 103 Å². The maximum absolute atomic E-state index is 6.61. The second-order valence-electron chi connectivity index (χ2n) is 12.4. The highest BCUT2D eigenvalue weighted by Crippen LogP contribution is 2.53. The van der Waals surface area contributed by atoms with Gasteiger partial charge in [-0.2, -0.15) is 0 Å². The molecule has 0 N–H and O–H groups in total. The summed E-state index contributed by atoms with van der Waals surface area (Å²) in [5, 5.41) is 3.72. The third-order valence-electron chi connectivity index (χ3n) is 9.87. The molecule has 7 aromatic rings. The average molecular weight is 580 g/mol. The Bertz CT molecular complexity index is 2400. The van der Waals surface area contributed by atoms with Crippen molar-refractivity contribution in [3.05, 3.63) is 156 Å². The number of para-hydroxylation sites is 1. The number of benzene rings is 5. The van der Waals surface area contributed by atoms with E-state index in [-0.39, 0.29) is 12.0 Å². The van der Waals surface area contributed by atoms with Crippen LogP contribution in [-0.4, -0.2) is 4.57 Å². The molecule has 1 aliphatic heterocycles. The summed E-state index contributed by atoms with van der Waals surface area (Å²) >= 11 is 0. The number of hydrogen-bond donors (Lipinski definition) is 0. The van der Waals surface area contributed by atoms with E-state index in [1.807, 2.05) is 0 Å². The number of ether oxygens (including phenoxy) is 1. The molecule has 3 nitrogen and oxygen atoms in total. The maximum Gasteiger partial charge on any atom is 0.167 e. The molecule has 0 fully saturated rings. The van der Waals surface area contributed by atoms with Gasteiger partial charge in [0, 0.05) is 38.3 Å². The van der Waals surface area contributed by atoms with Crippen molar-refractivity contribution >= 4 is 38.9 Å². The van der Waals surface area contributed by atoms with Crippen molar-refractivity contribution in [3.63, 3.8) is 0 Å². The van der Waals surface area contributed by atoms with Gasteiger partial charge in [0.25, 0.3) is 0 Å². The van der Waals surface area contributed by atoms with Gasteiger partial charge in [0.15, 0.2) is 11.9 Å². The summed E-state index contributed by atoms with van der Waals surface area (Å²) in [5.41, 5.74) is 10.6. The van der Waals surface area contributed by atoms with E-state index >= 15 is 0 Å². The van der Waals surface area contributed by atoms with Gasteiger partial charge in [-0.05, 0) is 71.1 Å². The lowest BCUT2D eigenvalue weighted by molar-refractivity contribution is 0.193. The summed E-state index contributed by atoms with van der Waals surface area (Å²) in [6, 6.07) is 39.7. The van der Waals surface area contributed by atoms with Gasteiger partial charge in [-0.3, -0.25) is 0 Å². The Morgan fingerprint density at radius 2 is 1.40 bits per heavy atom. The van der Waals surface area contributed by atoms with Crippen LogP contribution in [-0.2, 0) is 0 Å². The molecule has 3 heteroatoms. The molecule has 45 heavy (non-hydrogen) atoms. The summed E-state index contributed by atoms with van der Waals surface area (Å²) in [5.74, 6) is 1.96. The van der Waals surface area contributed by atoms with Crippen LogP contribution in [0.5, 0.6) is 5.75 Å². The number of hydrogen-bond acceptors (Lipinski definition) is 2. The largest absolute Gasteiger partial charge is 0.481 e. The Balaban J connectivity index is 1.03. The van der Waals surface area contributed by atoms with Crippen LogP contribution in [0.2, 0.25) is 0 Å². The van der Waals surface area contributed by atoms with Gasteiger partial charge in [-0.15, -0.1) is 0 Å². The molecule has 0 amide bonds. The second kappa shape index (κ2) is 9.48. The van der Waals surface area contributed by atoms with Crippen molar-refractivity contribution in [1.82, 2.24) is 4.57 Å². The fraction of sp³-hybridized carbons (Fsp3) is 0.0952. The third-order valence-corrected chi connectivity index (χ3v) is 9.87. The smallest absolute Gasteiger partial charge is 0.167 e. The summed E-state index contributed by atoms with van der Waals surface area (Å²) in [4.78, 5) is 0. The first kappa shape index (κ1) is 24.9. The molecule has 0 bridgehead atoms. The van der Waals surface area contributed by atoms with Crippen LogP contribution in [0.4, 0.5) is 0 Å². The molecule has 3 atom stereocenters. The Morgan fingerprint density at radius 3 is 2.31 bits per heavy atom. The minimum absolute atomic E-state index is 0.110. The van der Waals surface area contributed by atoms with Crippen LogP contribution in [0.1, 0.15) is 41.4 Å². The Labute approximate surface area is 261 Å². The van der Waals surface area contributed by atoms with Gasteiger partial charge < -0.3 is 13.7 Å². The maximum atomic E-state index is 6.61. The second-order valence-corrected chi connectivity index (χ2v) is 12.4. The molecule has 2 aromatic heterocycles. The van der Waals surface area contributed by atoms with E-state index in [4.69, 9.17) is 9.15 Å². The van der Waals surface area contributed by atoms with Crippen molar-refractivity contribution in [2.75, 3.05) is 0 Å². The van der Waals surface area contributed by atoms with E-state index in [1.54, 1.807) is 0 Å². The molecular formula is C42H29NO2. The topological polar surface area (TPSA) is 27.3 Å². The van der Waals surface area contributed by atoms with E-state index in [2.05, 4.69) is 150 Å². The molecule has 214 valence electrons. The lowest BCUT2D eigenvalue weighted by Crippen LogP contribution is -2.11. The van der Waals surface area contributed by atoms with Crippen molar-refractivity contribution in [3.8, 4) is 28.0 Å². The first-order valence-corrected chi connectivity index (χ1v) is 15.8. The standard InChI is InChI=1S/C42H29NO2/c1-3-9-26(10-4-1)27-16-21-39-35(24-27)32-18-19-33-36-25-29(17-22-40(36)45-42(33)41(32)44-39)28-15-20-38-34(23-28)31-13-7-8-14-37(31)43(38)30-11-5-2-6-12-30/h1-11,13-25,30,33,42H,12H2. The first-order chi connectivity index (χ1) is 22.3. The number of rotatable bonds is 3. The van der Waals surface area contributed by atoms with Crippen molar-refractivity contribution in [2.45, 2.75) is 24.5 Å². The first-order valence-electron chi connectivity index (χ1n) is 15.8. The number of allylic oxidation sites excluding steroid dienone is 4. The summed E-state index contributed by atoms with van der Waals surface area (Å²) in [6.45, 7) is 0. The van der Waals surface area contributed by atoms with Crippen LogP contribution in [0, 0.1) is 0 Å². The highest BCUT2D eigenvalue weighted by atomic mass is 16.5. The zero-order valence-corrected chi connectivity index (χ0v) is 24.6. The molecule has 0 spiro atoms. The highest BCUT2D eigenvalue weighted by Gasteiger charge is 2.40. The molecule has 0 saturated heterocycles. The number of fused-ring (bicyclic) bond motifs is 10. The number of aromatic nitrogens is 1. The van der Waals surface area contributed by atoms with Gasteiger partial charge >= 0.3 is 0 Å². The monoisotopic (exact) mass is 579 g/mol. The molecule has 0 saturated carbocycles. The van der Waals surface area contributed by atoms with Gasteiger partial charge in [0.2, 0.25) is 0 Å². The molecule has 10 rings (SSSR count). The normalized spacial score (nSPS) is 19.6. The van der Waals surface area contributed by atoms with E-state index in [9.17, 15) is 0 Å². The lowest BCUT2D eigenvalue weighted by atomic mass is 9.86. The van der Waals surface area contributed by atoms with E-state index in [0.29, 0.717) is 6.04 Å². The predicted molar refractivity (Wildman–Crippen MR) is 184 cm³/mol. The lowest BCUT2D eigenvalue weighted by Gasteiger charge is -2.19. The zero-order chi connectivity index (χ0) is 29.5. The fourth-order valence-corrected chi connectivity index (χ4v) is 7.72. The quantitative estimate of drug-likeness (QED) is 0.208.